The number of halogens is 1. The summed E-state index contributed by atoms with van der Waals surface area (Å²) in [6, 6.07) is -0.482. The van der Waals surface area contributed by atoms with Crippen molar-refractivity contribution in [2.75, 3.05) is 0 Å². The van der Waals surface area contributed by atoms with E-state index in [0.717, 1.165) is 16.4 Å². The fourth-order valence-corrected chi connectivity index (χ4v) is 21.9. The Morgan fingerprint density at radius 1 is 1.02 bits per heavy atom. The van der Waals surface area contributed by atoms with E-state index in [1.54, 1.807) is 13.0 Å². The summed E-state index contributed by atoms with van der Waals surface area (Å²) in [4.78, 5) is 24.5. The van der Waals surface area contributed by atoms with Gasteiger partial charge in [-0.2, -0.15) is 0 Å². The van der Waals surface area contributed by atoms with Crippen molar-refractivity contribution in [3.63, 3.8) is 0 Å². The van der Waals surface area contributed by atoms with E-state index in [0.29, 0.717) is 5.92 Å². The van der Waals surface area contributed by atoms with Crippen LogP contribution in [0.1, 0.15) is 121 Å². The van der Waals surface area contributed by atoms with Crippen molar-refractivity contribution in [2.45, 2.75) is 152 Å². The van der Waals surface area contributed by atoms with Crippen LogP contribution >= 0.6 is 22.6 Å². The van der Waals surface area contributed by atoms with E-state index >= 15 is 0 Å². The van der Waals surface area contributed by atoms with Crippen LogP contribution in [0.25, 0.3) is 0 Å². The molecule has 0 heterocycles. The molecule has 0 aromatic carbocycles. The summed E-state index contributed by atoms with van der Waals surface area (Å²) >= 11 is -0.224. The molecule has 5 nitrogen and oxygen atoms in total. The Morgan fingerprint density at radius 2 is 1.61 bits per heavy atom. The molecule has 1 aliphatic carbocycles. The van der Waals surface area contributed by atoms with Gasteiger partial charge in [0.15, 0.2) is 0 Å². The average molecular weight is 899 g/mol. The first-order valence-electron chi connectivity index (χ1n) is 19.0. The Bertz CT molecular complexity index is 1160. The molecule has 7 atom stereocenters. The van der Waals surface area contributed by atoms with Gasteiger partial charge in [0.25, 0.3) is 0 Å². The van der Waals surface area contributed by atoms with E-state index in [9.17, 15) is 14.7 Å². The number of ether oxygens (including phenoxy) is 1. The maximum absolute atomic E-state index is 12.9. The quantitative estimate of drug-likeness (QED) is 0.0283. The summed E-state index contributed by atoms with van der Waals surface area (Å²) in [6.45, 7) is 20.7. The SMILES string of the molecule is CCC[CH2][Sn](/[CH]=C/[C@]1(C)CCC=C[C@@H]1/C=C(C)/C=C/[C@@H](C)[C@@H](OC(=O)/C=C/C=C(/C)I)[C@H](C)[C@H](O)[C@@H](C)NC(C)=O)([CH2]CCC)[CH2]CCC. The summed E-state index contributed by atoms with van der Waals surface area (Å²) in [7, 11) is 0. The van der Waals surface area contributed by atoms with Crippen molar-refractivity contribution in [3.8, 4) is 0 Å². The summed E-state index contributed by atoms with van der Waals surface area (Å²) < 4.78 is 14.3. The Morgan fingerprint density at radius 3 is 2.14 bits per heavy atom. The van der Waals surface area contributed by atoms with Crippen molar-refractivity contribution in [1.82, 2.24) is 5.32 Å². The molecule has 2 N–H and O–H groups in total. The van der Waals surface area contributed by atoms with Crippen LogP contribution < -0.4 is 5.32 Å². The zero-order valence-corrected chi connectivity index (χ0v) is 37.6. The molecule has 1 rings (SSSR count). The molecule has 278 valence electrons. The van der Waals surface area contributed by atoms with Gasteiger partial charge in [0, 0.05) is 13.0 Å². The number of unbranched alkanes of at least 4 members (excludes halogenated alkanes) is 3. The minimum atomic E-state index is -2.42. The first kappa shape index (κ1) is 45.9. The molecule has 0 saturated carbocycles. The number of carbonyl (C=O) groups excluding carboxylic acids is 2. The van der Waals surface area contributed by atoms with Gasteiger partial charge in [0.05, 0.1) is 6.04 Å². The van der Waals surface area contributed by atoms with E-state index in [1.807, 2.05) is 26.8 Å². The van der Waals surface area contributed by atoms with Crippen molar-refractivity contribution in [1.29, 1.82) is 0 Å². The van der Waals surface area contributed by atoms with Gasteiger partial charge in [-0.3, -0.25) is 4.79 Å². The molecule has 7 heteroatoms. The first-order valence-corrected chi connectivity index (χ1v) is 27.8. The van der Waals surface area contributed by atoms with Gasteiger partial charge in [0.2, 0.25) is 5.91 Å². The second-order valence-electron chi connectivity index (χ2n) is 15.0. The molecule has 0 spiro atoms. The standard InChI is InChI=1S/C30H43INO4.3C4H9.Sn/c1-9-30(8)18-11-10-14-26(30)19-20(2)16-17-21(3)29(36-27(34)15-12-13-22(4)31)23(5)28(35)24(6)32-25(7)33;3*1-3-4-2;/h1,9-10,12-17,19,21,23-24,26,28-29,35H,11,18H2,2-8H3,(H,32,33);3*1,3-4H2,2H3;/b9-1?,15-12+,17-16+,20-19+,22-13-;;;;/t21-,23-,24-,26-,28+,29-,30-;;;;/m1..../s1. The number of hydrogen-bond acceptors (Lipinski definition) is 4. The predicted octanol–water partition coefficient (Wildman–Crippen LogP) is 11.4. The molecule has 49 heavy (non-hydrogen) atoms. The van der Waals surface area contributed by atoms with Crippen molar-refractivity contribution in [2.24, 2.45) is 23.2 Å². The molecule has 0 bridgehead atoms. The fraction of sp³-hybridized carbons (Fsp3) is 0.667. The van der Waals surface area contributed by atoms with Crippen LogP contribution in [0.5, 0.6) is 0 Å². The van der Waals surface area contributed by atoms with E-state index < -0.39 is 48.5 Å². The number of rotatable bonds is 22. The number of carbonyl (C=O) groups is 2. The van der Waals surface area contributed by atoms with Crippen molar-refractivity contribution < 1.29 is 19.4 Å². The second-order valence-corrected chi connectivity index (χ2v) is 29.7. The maximum atomic E-state index is 12.9. The minimum absolute atomic E-state index is 0.0932. The number of amides is 1. The number of aliphatic hydroxyl groups is 1. The van der Waals surface area contributed by atoms with Crippen LogP contribution in [0.15, 0.2) is 67.9 Å². The third kappa shape index (κ3) is 17.3. The summed E-state index contributed by atoms with van der Waals surface area (Å²) in [5, 5.41) is 13.9. The molecule has 0 aliphatic heterocycles. The average Bonchev–Trinajstić information content (AvgIpc) is 3.05. The summed E-state index contributed by atoms with van der Waals surface area (Å²) in [5.74, 6) is -0.932. The molecular formula is C42H70INO4Sn. The van der Waals surface area contributed by atoms with Crippen molar-refractivity contribution >= 4 is 52.8 Å². The Kier molecular flexibility index (Phi) is 22.6. The number of aliphatic hydroxyl groups excluding tert-OH is 1. The van der Waals surface area contributed by atoms with E-state index in [4.69, 9.17) is 4.74 Å². The number of nitrogens with one attached hydrogen (secondary N) is 1. The third-order valence-electron chi connectivity index (χ3n) is 10.3. The predicted molar refractivity (Wildman–Crippen MR) is 221 cm³/mol. The third-order valence-corrected chi connectivity index (χ3v) is 24.7. The normalized spacial score (nSPS) is 22.4. The Hall–Kier alpha value is -1.13. The van der Waals surface area contributed by atoms with Gasteiger partial charge in [-0.05, 0) is 40.0 Å². The van der Waals surface area contributed by atoms with E-state index in [1.165, 1.54) is 70.4 Å². The monoisotopic (exact) mass is 899 g/mol. The van der Waals surface area contributed by atoms with Crippen LogP contribution in [-0.4, -0.2) is 53.6 Å². The Labute approximate surface area is 318 Å². The van der Waals surface area contributed by atoms with Gasteiger partial charge >= 0.3 is 224 Å². The van der Waals surface area contributed by atoms with Gasteiger partial charge in [-0.25, -0.2) is 4.79 Å². The van der Waals surface area contributed by atoms with Gasteiger partial charge < -0.3 is 10.4 Å². The summed E-state index contributed by atoms with van der Waals surface area (Å²) in [6.07, 6.45) is 27.8. The van der Waals surface area contributed by atoms with E-state index in [-0.39, 0.29) is 17.2 Å². The molecule has 0 fully saturated rings. The number of esters is 1. The second kappa shape index (κ2) is 24.2. The molecule has 0 radical (unpaired) electrons. The molecule has 0 saturated heterocycles. The van der Waals surface area contributed by atoms with Crippen LogP contribution in [0, 0.1) is 23.2 Å². The molecular weight excluding hydrogens is 828 g/mol. The topological polar surface area (TPSA) is 75.6 Å². The Balaban J connectivity index is 3.36. The molecule has 1 aliphatic rings. The fourth-order valence-electron chi connectivity index (χ4n) is 6.98. The van der Waals surface area contributed by atoms with Gasteiger partial charge in [-0.1, -0.05) is 12.2 Å². The summed E-state index contributed by atoms with van der Waals surface area (Å²) in [5.41, 5.74) is 1.27. The number of allylic oxidation sites excluding steroid dienone is 9. The first-order chi connectivity index (χ1) is 23.1. The molecule has 1 amide bonds. The zero-order valence-electron chi connectivity index (χ0n) is 32.6. The molecule has 0 aromatic heterocycles. The number of hydrogen-bond donors (Lipinski definition) is 2. The van der Waals surface area contributed by atoms with Crippen LogP contribution in [0.4, 0.5) is 0 Å². The van der Waals surface area contributed by atoms with Crippen molar-refractivity contribution in [3.05, 3.63) is 67.9 Å². The van der Waals surface area contributed by atoms with E-state index in [2.05, 4.69) is 103 Å². The van der Waals surface area contributed by atoms with Gasteiger partial charge in [0.1, 0.15) is 0 Å². The molecule has 0 aromatic rings. The van der Waals surface area contributed by atoms with Crippen LogP contribution in [0.2, 0.25) is 13.3 Å². The van der Waals surface area contributed by atoms with Gasteiger partial charge in [-0.15, -0.1) is 0 Å². The zero-order chi connectivity index (χ0) is 37.0. The van der Waals surface area contributed by atoms with Crippen LogP contribution in [0.3, 0.4) is 0 Å². The van der Waals surface area contributed by atoms with Crippen LogP contribution in [-0.2, 0) is 14.3 Å². The molecule has 0 unspecified atom stereocenters.